The van der Waals surface area contributed by atoms with E-state index in [1.165, 1.54) is 15.3 Å². The van der Waals surface area contributed by atoms with E-state index in [1.54, 1.807) is 16.2 Å². The van der Waals surface area contributed by atoms with Crippen molar-refractivity contribution in [2.24, 2.45) is 0 Å². The molecule has 0 saturated carbocycles. The van der Waals surface area contributed by atoms with Crippen LogP contribution in [0.3, 0.4) is 0 Å². The highest BCUT2D eigenvalue weighted by atomic mass is 32.1. The van der Waals surface area contributed by atoms with Crippen LogP contribution in [0.1, 0.15) is 28.3 Å². The molecule has 20 heavy (non-hydrogen) atoms. The molecule has 0 aliphatic heterocycles. The molecular weight excluding hydrogens is 272 g/mol. The average molecular weight is 292 g/mol. The van der Waals surface area contributed by atoms with Gasteiger partial charge in [-0.05, 0) is 32.4 Å². The SMILES string of the molecule is Cc1cc(C(C)Nc2nc(N)nc(N(C)C)n2)c(C)s1. The molecule has 6 nitrogen and oxygen atoms in total. The van der Waals surface area contributed by atoms with Crippen LogP contribution in [-0.2, 0) is 0 Å². The number of aryl methyl sites for hydroxylation is 2. The highest BCUT2D eigenvalue weighted by molar-refractivity contribution is 7.12. The van der Waals surface area contributed by atoms with E-state index in [0.29, 0.717) is 11.9 Å². The Balaban J connectivity index is 2.23. The predicted molar refractivity (Wildman–Crippen MR) is 84.4 cm³/mol. The lowest BCUT2D eigenvalue weighted by atomic mass is 10.1. The van der Waals surface area contributed by atoms with Gasteiger partial charge in [-0.2, -0.15) is 15.0 Å². The Labute approximate surface area is 123 Å². The van der Waals surface area contributed by atoms with E-state index in [1.807, 2.05) is 14.1 Å². The number of nitrogen functional groups attached to an aromatic ring is 1. The van der Waals surface area contributed by atoms with Gasteiger partial charge in [-0.1, -0.05) is 0 Å². The van der Waals surface area contributed by atoms with Crippen LogP contribution in [0.2, 0.25) is 0 Å². The molecule has 108 valence electrons. The van der Waals surface area contributed by atoms with E-state index >= 15 is 0 Å². The van der Waals surface area contributed by atoms with Crippen LogP contribution >= 0.6 is 11.3 Å². The molecule has 2 heterocycles. The van der Waals surface area contributed by atoms with Crippen molar-refractivity contribution in [3.05, 3.63) is 21.4 Å². The zero-order valence-corrected chi connectivity index (χ0v) is 13.2. The topological polar surface area (TPSA) is 80.0 Å². The van der Waals surface area contributed by atoms with Crippen LogP contribution in [-0.4, -0.2) is 29.0 Å². The number of rotatable bonds is 4. The maximum Gasteiger partial charge on any atom is 0.231 e. The van der Waals surface area contributed by atoms with Crippen LogP contribution in [0.25, 0.3) is 0 Å². The lowest BCUT2D eigenvalue weighted by molar-refractivity contribution is 0.847. The summed E-state index contributed by atoms with van der Waals surface area (Å²) in [4.78, 5) is 17.0. The smallest absolute Gasteiger partial charge is 0.231 e. The van der Waals surface area contributed by atoms with E-state index in [4.69, 9.17) is 5.73 Å². The summed E-state index contributed by atoms with van der Waals surface area (Å²) < 4.78 is 0. The van der Waals surface area contributed by atoms with Gasteiger partial charge in [-0.25, -0.2) is 0 Å². The first-order valence-electron chi connectivity index (χ1n) is 6.39. The van der Waals surface area contributed by atoms with Gasteiger partial charge >= 0.3 is 0 Å². The number of aromatic nitrogens is 3. The van der Waals surface area contributed by atoms with Gasteiger partial charge in [-0.3, -0.25) is 0 Å². The lowest BCUT2D eigenvalue weighted by Gasteiger charge is -2.16. The highest BCUT2D eigenvalue weighted by Crippen LogP contribution is 2.28. The maximum atomic E-state index is 5.72. The molecule has 2 aromatic heterocycles. The number of hydrogen-bond acceptors (Lipinski definition) is 7. The van der Waals surface area contributed by atoms with Gasteiger partial charge in [0.05, 0.1) is 6.04 Å². The fraction of sp³-hybridized carbons (Fsp3) is 0.462. The Morgan fingerprint density at radius 2 is 1.95 bits per heavy atom. The molecular formula is C13H20N6S. The summed E-state index contributed by atoms with van der Waals surface area (Å²) in [6, 6.07) is 2.31. The van der Waals surface area contributed by atoms with Crippen molar-refractivity contribution < 1.29 is 0 Å². The zero-order chi connectivity index (χ0) is 14.9. The van der Waals surface area contributed by atoms with Gasteiger partial charge in [0.15, 0.2) is 0 Å². The number of nitrogens with two attached hydrogens (primary N) is 1. The van der Waals surface area contributed by atoms with E-state index < -0.39 is 0 Å². The number of nitrogens with one attached hydrogen (secondary N) is 1. The van der Waals surface area contributed by atoms with Gasteiger partial charge in [0.1, 0.15) is 0 Å². The molecule has 7 heteroatoms. The Hall–Kier alpha value is -1.89. The summed E-state index contributed by atoms with van der Waals surface area (Å²) in [5, 5.41) is 3.29. The first kappa shape index (κ1) is 14.5. The lowest BCUT2D eigenvalue weighted by Crippen LogP contribution is -2.17. The monoisotopic (exact) mass is 292 g/mol. The minimum absolute atomic E-state index is 0.122. The summed E-state index contributed by atoms with van der Waals surface area (Å²) in [5.41, 5.74) is 6.98. The third-order valence-electron chi connectivity index (χ3n) is 2.93. The van der Waals surface area contributed by atoms with Gasteiger partial charge in [0.25, 0.3) is 0 Å². The largest absolute Gasteiger partial charge is 0.368 e. The van der Waals surface area contributed by atoms with Crippen molar-refractivity contribution in [2.45, 2.75) is 26.8 Å². The molecule has 0 aromatic carbocycles. The molecule has 1 unspecified atom stereocenters. The Morgan fingerprint density at radius 3 is 2.50 bits per heavy atom. The van der Waals surface area contributed by atoms with Gasteiger partial charge in [-0.15, -0.1) is 11.3 Å². The molecule has 0 saturated heterocycles. The number of thiophene rings is 1. The van der Waals surface area contributed by atoms with E-state index in [0.717, 1.165) is 0 Å². The van der Waals surface area contributed by atoms with Crippen molar-refractivity contribution in [1.29, 1.82) is 0 Å². The minimum Gasteiger partial charge on any atom is -0.368 e. The second-order valence-electron chi connectivity index (χ2n) is 4.95. The molecule has 2 rings (SSSR count). The third-order valence-corrected chi connectivity index (χ3v) is 3.91. The van der Waals surface area contributed by atoms with E-state index in [-0.39, 0.29) is 12.0 Å². The van der Waals surface area contributed by atoms with Crippen LogP contribution in [0, 0.1) is 13.8 Å². The molecule has 0 bridgehead atoms. The predicted octanol–water partition coefficient (Wildman–Crippen LogP) is 2.37. The second kappa shape index (κ2) is 5.62. The number of nitrogens with zero attached hydrogens (tertiary/aromatic N) is 4. The van der Waals surface area contributed by atoms with Crippen LogP contribution < -0.4 is 16.0 Å². The van der Waals surface area contributed by atoms with Gasteiger partial charge in [0, 0.05) is 23.8 Å². The first-order chi connectivity index (χ1) is 9.36. The molecule has 0 amide bonds. The maximum absolute atomic E-state index is 5.72. The van der Waals surface area contributed by atoms with Gasteiger partial charge < -0.3 is 16.0 Å². The molecule has 0 spiro atoms. The van der Waals surface area contributed by atoms with Crippen molar-refractivity contribution in [2.75, 3.05) is 30.0 Å². The molecule has 3 N–H and O–H groups in total. The molecule has 1 atom stereocenters. The van der Waals surface area contributed by atoms with Crippen molar-refractivity contribution in [3.63, 3.8) is 0 Å². The number of hydrogen-bond donors (Lipinski definition) is 2. The second-order valence-corrected chi connectivity index (χ2v) is 6.41. The van der Waals surface area contributed by atoms with E-state index in [2.05, 4.69) is 47.1 Å². The Morgan fingerprint density at radius 1 is 1.25 bits per heavy atom. The Bertz CT molecular complexity index is 607. The van der Waals surface area contributed by atoms with Crippen LogP contribution in [0.4, 0.5) is 17.8 Å². The molecule has 2 aromatic rings. The quantitative estimate of drug-likeness (QED) is 0.900. The molecule has 0 radical (unpaired) electrons. The summed E-state index contributed by atoms with van der Waals surface area (Å²) in [6.07, 6.45) is 0. The standard InChI is InChI=1S/C13H20N6S/c1-7-6-10(9(3)20-7)8(2)15-12-16-11(14)17-13(18-12)19(4)5/h6,8H,1-5H3,(H3,14,15,16,17,18). The fourth-order valence-corrected chi connectivity index (χ4v) is 3.02. The zero-order valence-electron chi connectivity index (χ0n) is 12.4. The van der Waals surface area contributed by atoms with Gasteiger partial charge in [0.2, 0.25) is 17.8 Å². The van der Waals surface area contributed by atoms with Crippen molar-refractivity contribution in [3.8, 4) is 0 Å². The first-order valence-corrected chi connectivity index (χ1v) is 7.21. The van der Waals surface area contributed by atoms with Crippen LogP contribution in [0.5, 0.6) is 0 Å². The summed E-state index contributed by atoms with van der Waals surface area (Å²) in [6.45, 7) is 6.32. The molecule has 0 aliphatic carbocycles. The average Bonchev–Trinajstić information content (AvgIpc) is 2.67. The van der Waals surface area contributed by atoms with Crippen molar-refractivity contribution >= 4 is 29.2 Å². The Kier molecular flexibility index (Phi) is 4.08. The highest BCUT2D eigenvalue weighted by Gasteiger charge is 2.14. The van der Waals surface area contributed by atoms with Crippen molar-refractivity contribution in [1.82, 2.24) is 15.0 Å². The summed E-state index contributed by atoms with van der Waals surface area (Å²) in [5.74, 6) is 1.26. The normalized spacial score (nSPS) is 12.2. The summed E-state index contributed by atoms with van der Waals surface area (Å²) >= 11 is 1.79. The third kappa shape index (κ3) is 3.16. The van der Waals surface area contributed by atoms with Crippen LogP contribution in [0.15, 0.2) is 6.07 Å². The minimum atomic E-state index is 0.122. The fourth-order valence-electron chi connectivity index (χ4n) is 2.00. The summed E-state index contributed by atoms with van der Waals surface area (Å²) in [7, 11) is 3.74. The van der Waals surface area contributed by atoms with E-state index in [9.17, 15) is 0 Å². The number of anilines is 3. The molecule has 0 fully saturated rings. The molecule has 0 aliphatic rings.